The van der Waals surface area contributed by atoms with Crippen molar-refractivity contribution in [3.8, 4) is 0 Å². The fourth-order valence-electron chi connectivity index (χ4n) is 2.81. The first kappa shape index (κ1) is 13.3. The van der Waals surface area contributed by atoms with Gasteiger partial charge >= 0.3 is 0 Å². The van der Waals surface area contributed by atoms with Crippen molar-refractivity contribution in [3.63, 3.8) is 0 Å². The molecule has 0 amide bonds. The summed E-state index contributed by atoms with van der Waals surface area (Å²) in [6, 6.07) is 0. The highest BCUT2D eigenvalue weighted by Crippen LogP contribution is 2.26. The summed E-state index contributed by atoms with van der Waals surface area (Å²) in [4.78, 5) is 14.1. The molecule has 0 aliphatic heterocycles. The summed E-state index contributed by atoms with van der Waals surface area (Å²) in [7, 11) is 4.01. The SMILES string of the molecule is CC1CCC(=O)C(CN(C)Cc2cnn(C)c2)C1. The van der Waals surface area contributed by atoms with E-state index in [1.807, 2.05) is 24.1 Å². The fourth-order valence-corrected chi connectivity index (χ4v) is 2.81. The van der Waals surface area contributed by atoms with Crippen molar-refractivity contribution in [1.29, 1.82) is 0 Å². The van der Waals surface area contributed by atoms with Gasteiger partial charge in [-0.1, -0.05) is 6.92 Å². The van der Waals surface area contributed by atoms with Crippen molar-refractivity contribution in [2.24, 2.45) is 18.9 Å². The number of hydrogen-bond acceptors (Lipinski definition) is 3. The van der Waals surface area contributed by atoms with Gasteiger partial charge in [0, 0.05) is 44.2 Å². The van der Waals surface area contributed by atoms with Gasteiger partial charge in [0.25, 0.3) is 0 Å². The Kier molecular flexibility index (Phi) is 4.17. The van der Waals surface area contributed by atoms with Crippen LogP contribution >= 0.6 is 0 Å². The quantitative estimate of drug-likeness (QED) is 0.817. The summed E-state index contributed by atoms with van der Waals surface area (Å²) in [5.41, 5.74) is 1.20. The van der Waals surface area contributed by atoms with Crippen LogP contribution in [0.1, 0.15) is 31.7 Å². The van der Waals surface area contributed by atoms with Crippen molar-refractivity contribution < 1.29 is 4.79 Å². The lowest BCUT2D eigenvalue weighted by Crippen LogP contribution is -2.34. The summed E-state index contributed by atoms with van der Waals surface area (Å²) in [6.07, 6.45) is 6.81. The molecular weight excluding hydrogens is 226 g/mol. The molecule has 4 nitrogen and oxygen atoms in total. The van der Waals surface area contributed by atoms with Gasteiger partial charge in [0.05, 0.1) is 6.20 Å². The van der Waals surface area contributed by atoms with Crippen molar-refractivity contribution in [1.82, 2.24) is 14.7 Å². The number of Topliss-reactive ketones (excluding diaryl/α,β-unsaturated/α-hetero) is 1. The van der Waals surface area contributed by atoms with E-state index >= 15 is 0 Å². The van der Waals surface area contributed by atoms with Crippen LogP contribution in [-0.2, 0) is 18.4 Å². The maximum atomic E-state index is 11.9. The second-order valence-corrected chi connectivity index (χ2v) is 5.76. The molecular formula is C14H23N3O. The molecule has 1 heterocycles. The standard InChI is InChI=1S/C14H23N3O/c1-11-4-5-14(18)13(6-11)10-16(2)8-12-7-15-17(3)9-12/h7,9,11,13H,4-6,8,10H2,1-3H3. The molecule has 1 aliphatic rings. The summed E-state index contributed by atoms with van der Waals surface area (Å²) >= 11 is 0. The molecule has 4 heteroatoms. The monoisotopic (exact) mass is 249 g/mol. The Bertz CT molecular complexity index is 413. The zero-order chi connectivity index (χ0) is 13.1. The minimum absolute atomic E-state index is 0.232. The van der Waals surface area contributed by atoms with Gasteiger partial charge in [-0.15, -0.1) is 0 Å². The highest BCUT2D eigenvalue weighted by molar-refractivity contribution is 5.81. The van der Waals surface area contributed by atoms with Crippen LogP contribution in [0.3, 0.4) is 0 Å². The molecule has 1 aromatic heterocycles. The van der Waals surface area contributed by atoms with Crippen molar-refractivity contribution in [3.05, 3.63) is 18.0 Å². The van der Waals surface area contributed by atoms with E-state index in [0.717, 1.165) is 32.4 Å². The predicted molar refractivity (Wildman–Crippen MR) is 71.1 cm³/mol. The van der Waals surface area contributed by atoms with Crippen molar-refractivity contribution >= 4 is 5.78 Å². The van der Waals surface area contributed by atoms with E-state index in [4.69, 9.17) is 0 Å². The lowest BCUT2D eigenvalue weighted by atomic mass is 9.81. The third-order valence-corrected chi connectivity index (χ3v) is 3.77. The lowest BCUT2D eigenvalue weighted by Gasteiger charge is -2.29. The topological polar surface area (TPSA) is 38.1 Å². The average molecular weight is 249 g/mol. The van der Waals surface area contributed by atoms with Crippen LogP contribution in [0.2, 0.25) is 0 Å². The zero-order valence-electron chi connectivity index (χ0n) is 11.6. The molecule has 0 bridgehead atoms. The van der Waals surface area contributed by atoms with Gasteiger partial charge in [-0.25, -0.2) is 0 Å². The Morgan fingerprint density at radius 2 is 2.33 bits per heavy atom. The molecule has 18 heavy (non-hydrogen) atoms. The summed E-state index contributed by atoms with van der Waals surface area (Å²) in [5.74, 6) is 1.38. The Labute approximate surface area is 109 Å². The number of rotatable bonds is 4. The molecule has 100 valence electrons. The molecule has 1 aliphatic carbocycles. The molecule has 1 fully saturated rings. The highest BCUT2D eigenvalue weighted by Gasteiger charge is 2.27. The molecule has 2 unspecified atom stereocenters. The molecule has 0 spiro atoms. The first-order valence-electron chi connectivity index (χ1n) is 6.73. The number of aryl methyl sites for hydroxylation is 1. The number of carbonyl (C=O) groups is 1. The fraction of sp³-hybridized carbons (Fsp3) is 0.714. The van der Waals surface area contributed by atoms with Crippen LogP contribution in [0, 0.1) is 11.8 Å². The Balaban J connectivity index is 1.86. The maximum absolute atomic E-state index is 11.9. The van der Waals surface area contributed by atoms with Crippen LogP contribution in [0.5, 0.6) is 0 Å². The minimum Gasteiger partial charge on any atom is -0.301 e. The zero-order valence-corrected chi connectivity index (χ0v) is 11.6. The third-order valence-electron chi connectivity index (χ3n) is 3.77. The van der Waals surface area contributed by atoms with Gasteiger partial charge in [-0.3, -0.25) is 9.48 Å². The van der Waals surface area contributed by atoms with E-state index in [1.165, 1.54) is 5.56 Å². The second kappa shape index (κ2) is 5.65. The van der Waals surface area contributed by atoms with E-state index in [0.29, 0.717) is 11.7 Å². The van der Waals surface area contributed by atoms with Gasteiger partial charge in [-0.2, -0.15) is 5.10 Å². The van der Waals surface area contributed by atoms with E-state index < -0.39 is 0 Å². The average Bonchev–Trinajstić information content (AvgIpc) is 2.69. The minimum atomic E-state index is 0.232. The van der Waals surface area contributed by atoms with Crippen LogP contribution in [0.4, 0.5) is 0 Å². The lowest BCUT2D eigenvalue weighted by molar-refractivity contribution is -0.126. The summed E-state index contributed by atoms with van der Waals surface area (Å²) < 4.78 is 1.82. The van der Waals surface area contributed by atoms with Gasteiger partial charge in [-0.05, 0) is 25.8 Å². The molecule has 0 N–H and O–H groups in total. The molecule has 1 saturated carbocycles. The van der Waals surface area contributed by atoms with Crippen LogP contribution in [0.15, 0.2) is 12.4 Å². The second-order valence-electron chi connectivity index (χ2n) is 5.76. The first-order chi connectivity index (χ1) is 8.54. The van der Waals surface area contributed by atoms with Crippen LogP contribution in [-0.4, -0.2) is 34.1 Å². The number of aromatic nitrogens is 2. The number of carbonyl (C=O) groups excluding carboxylic acids is 1. The number of hydrogen-bond donors (Lipinski definition) is 0. The van der Waals surface area contributed by atoms with Crippen molar-refractivity contribution in [2.75, 3.05) is 13.6 Å². The van der Waals surface area contributed by atoms with Gasteiger partial charge in [0.15, 0.2) is 0 Å². The summed E-state index contributed by atoms with van der Waals surface area (Å²) in [6.45, 7) is 3.99. The molecule has 0 radical (unpaired) electrons. The number of nitrogens with zero attached hydrogens (tertiary/aromatic N) is 3. The third kappa shape index (κ3) is 3.42. The molecule has 0 saturated heterocycles. The molecule has 0 aromatic carbocycles. The largest absolute Gasteiger partial charge is 0.301 e. The number of ketones is 1. The first-order valence-corrected chi connectivity index (χ1v) is 6.73. The maximum Gasteiger partial charge on any atom is 0.137 e. The molecule has 1 aromatic rings. The van der Waals surface area contributed by atoms with Gasteiger partial charge in [0.2, 0.25) is 0 Å². The Morgan fingerprint density at radius 1 is 1.56 bits per heavy atom. The van der Waals surface area contributed by atoms with E-state index in [2.05, 4.69) is 24.0 Å². The molecule has 2 atom stereocenters. The normalized spacial score (nSPS) is 24.8. The highest BCUT2D eigenvalue weighted by atomic mass is 16.1. The van der Waals surface area contributed by atoms with Crippen LogP contribution < -0.4 is 0 Å². The van der Waals surface area contributed by atoms with Crippen molar-refractivity contribution in [2.45, 2.75) is 32.7 Å². The van der Waals surface area contributed by atoms with E-state index in [-0.39, 0.29) is 5.92 Å². The summed E-state index contributed by atoms with van der Waals surface area (Å²) in [5, 5.41) is 4.17. The smallest absolute Gasteiger partial charge is 0.137 e. The van der Waals surface area contributed by atoms with E-state index in [9.17, 15) is 4.79 Å². The Hall–Kier alpha value is -1.16. The predicted octanol–water partition coefficient (Wildman–Crippen LogP) is 1.86. The van der Waals surface area contributed by atoms with Gasteiger partial charge < -0.3 is 4.90 Å². The molecule has 2 rings (SSSR count). The Morgan fingerprint density at radius 3 is 3.00 bits per heavy atom. The van der Waals surface area contributed by atoms with Gasteiger partial charge in [0.1, 0.15) is 5.78 Å². The van der Waals surface area contributed by atoms with Crippen LogP contribution in [0.25, 0.3) is 0 Å². The van der Waals surface area contributed by atoms with E-state index in [1.54, 1.807) is 0 Å².